The highest BCUT2D eigenvalue weighted by molar-refractivity contribution is 6.12. The summed E-state index contributed by atoms with van der Waals surface area (Å²) >= 11 is 0. The molecule has 1 aliphatic rings. The molecule has 3 aromatic heterocycles. The number of aliphatic imine (C=N–C) groups is 1. The van der Waals surface area contributed by atoms with E-state index in [-0.39, 0.29) is 11.3 Å². The highest BCUT2D eigenvalue weighted by Crippen LogP contribution is 2.35. The van der Waals surface area contributed by atoms with Gasteiger partial charge in [-0.15, -0.1) is 5.10 Å². The van der Waals surface area contributed by atoms with Crippen LogP contribution < -0.4 is 9.64 Å². The summed E-state index contributed by atoms with van der Waals surface area (Å²) in [4.78, 5) is 24.0. The number of carbonyl (C=O) groups is 1. The predicted octanol–water partition coefficient (Wildman–Crippen LogP) is 4.05. The van der Waals surface area contributed by atoms with Gasteiger partial charge < -0.3 is 18.6 Å². The van der Waals surface area contributed by atoms with Crippen molar-refractivity contribution >= 4 is 17.3 Å². The maximum absolute atomic E-state index is 13.4. The number of rotatable bonds is 4. The van der Waals surface area contributed by atoms with Crippen molar-refractivity contribution in [2.75, 3.05) is 19.1 Å². The zero-order valence-corrected chi connectivity index (χ0v) is 20.6. The van der Waals surface area contributed by atoms with E-state index in [2.05, 4.69) is 15.3 Å². The van der Waals surface area contributed by atoms with Crippen LogP contribution >= 0.6 is 0 Å². The summed E-state index contributed by atoms with van der Waals surface area (Å²) in [5.74, 6) is 1.02. The largest absolute Gasteiger partial charge is 0.495 e. The molecular formula is C25H27N7O3. The average Bonchev–Trinajstić information content (AvgIpc) is 3.57. The number of methoxy groups -OCH3 is 1. The maximum Gasteiger partial charge on any atom is 0.274 e. The van der Waals surface area contributed by atoms with Crippen LogP contribution in [0.25, 0.3) is 16.9 Å². The Bertz CT molecular complexity index is 1440. The van der Waals surface area contributed by atoms with Gasteiger partial charge in [0.1, 0.15) is 11.4 Å². The van der Waals surface area contributed by atoms with Crippen LogP contribution in [0.15, 0.2) is 58.7 Å². The summed E-state index contributed by atoms with van der Waals surface area (Å²) in [5.41, 5.74) is 4.19. The molecule has 4 aromatic rings. The third-order valence-corrected chi connectivity index (χ3v) is 5.96. The molecule has 0 bridgehead atoms. The van der Waals surface area contributed by atoms with Gasteiger partial charge >= 0.3 is 0 Å². The van der Waals surface area contributed by atoms with Crippen LogP contribution in [0.5, 0.6) is 5.75 Å². The second-order valence-corrected chi connectivity index (χ2v) is 9.53. The number of ether oxygens (including phenoxy) is 1. The molecule has 0 N–H and O–H groups in total. The molecule has 5 rings (SSSR count). The van der Waals surface area contributed by atoms with E-state index in [0.29, 0.717) is 28.6 Å². The lowest BCUT2D eigenvalue weighted by Gasteiger charge is -2.20. The van der Waals surface area contributed by atoms with Gasteiger partial charge in [-0.3, -0.25) is 4.79 Å². The van der Waals surface area contributed by atoms with Crippen molar-refractivity contribution in [1.82, 2.24) is 24.5 Å². The molecule has 1 atom stereocenters. The van der Waals surface area contributed by atoms with Gasteiger partial charge in [-0.2, -0.15) is 0 Å². The number of imidazole rings is 1. The van der Waals surface area contributed by atoms with Crippen LogP contribution in [0.1, 0.15) is 38.4 Å². The van der Waals surface area contributed by atoms with Crippen LogP contribution in [0.3, 0.4) is 0 Å². The fourth-order valence-corrected chi connectivity index (χ4v) is 4.11. The average molecular weight is 474 g/mol. The van der Waals surface area contributed by atoms with Gasteiger partial charge in [0.2, 0.25) is 6.17 Å². The molecular weight excluding hydrogens is 446 g/mol. The van der Waals surface area contributed by atoms with Crippen molar-refractivity contribution in [1.29, 1.82) is 0 Å². The van der Waals surface area contributed by atoms with Gasteiger partial charge in [0.05, 0.1) is 48.7 Å². The number of furan rings is 1. The van der Waals surface area contributed by atoms with E-state index in [1.165, 1.54) is 4.68 Å². The quantitative estimate of drug-likeness (QED) is 0.443. The van der Waals surface area contributed by atoms with E-state index in [1.54, 1.807) is 43.9 Å². The molecule has 1 aromatic carbocycles. The number of amides is 1. The summed E-state index contributed by atoms with van der Waals surface area (Å²) in [6, 6.07) is 7.53. The van der Waals surface area contributed by atoms with Crippen molar-refractivity contribution in [2.24, 2.45) is 10.4 Å². The number of nitrogens with zero attached hydrogens (tertiary/aromatic N) is 7. The van der Waals surface area contributed by atoms with E-state index in [9.17, 15) is 4.79 Å². The first kappa shape index (κ1) is 22.6. The van der Waals surface area contributed by atoms with Crippen LogP contribution in [0.2, 0.25) is 0 Å². The Morgan fingerprint density at radius 3 is 2.60 bits per heavy atom. The van der Waals surface area contributed by atoms with Crippen molar-refractivity contribution in [3.05, 3.63) is 60.7 Å². The van der Waals surface area contributed by atoms with E-state index in [4.69, 9.17) is 14.1 Å². The smallest absolute Gasteiger partial charge is 0.274 e. The number of hydrogen-bond donors (Lipinski definition) is 0. The molecule has 35 heavy (non-hydrogen) atoms. The van der Waals surface area contributed by atoms with Gasteiger partial charge in [-0.25, -0.2) is 14.7 Å². The molecule has 1 unspecified atom stereocenters. The fraction of sp³-hybridized carbons (Fsp3) is 0.320. The monoisotopic (exact) mass is 473 g/mol. The zero-order chi connectivity index (χ0) is 24.9. The van der Waals surface area contributed by atoms with Gasteiger partial charge in [0.15, 0.2) is 5.76 Å². The van der Waals surface area contributed by atoms with Gasteiger partial charge in [0.25, 0.3) is 5.91 Å². The lowest BCUT2D eigenvalue weighted by molar-refractivity contribution is -0.121. The normalized spacial score (nSPS) is 16.2. The van der Waals surface area contributed by atoms with Crippen molar-refractivity contribution in [2.45, 2.75) is 33.9 Å². The number of aryl methyl sites for hydroxylation is 1. The zero-order valence-electron chi connectivity index (χ0n) is 20.6. The van der Waals surface area contributed by atoms with E-state index >= 15 is 0 Å². The van der Waals surface area contributed by atoms with Crippen LogP contribution in [-0.4, -0.2) is 50.3 Å². The maximum atomic E-state index is 13.4. The summed E-state index contributed by atoms with van der Waals surface area (Å²) in [6.07, 6.45) is 6.06. The highest BCUT2D eigenvalue weighted by atomic mass is 16.5. The number of anilines is 1. The molecule has 4 heterocycles. The summed E-state index contributed by atoms with van der Waals surface area (Å²) < 4.78 is 14.8. The molecule has 0 aliphatic carbocycles. The van der Waals surface area contributed by atoms with E-state index in [0.717, 1.165) is 16.9 Å². The molecule has 0 fully saturated rings. The standard InChI is InChI=1S/C25H27N7O3/c1-15-12-31(14-26-15)18-8-7-16(11-20(18)34-6)17-13-32(29-28-17)23-24(33)30(5)19-9-10-35-21(19)22(27-23)25(2,3)4/h7-14,23H,1-6H3. The number of carbonyl (C=O) groups excluding carboxylic acids is 1. The predicted molar refractivity (Wildman–Crippen MR) is 131 cm³/mol. The number of aromatic nitrogens is 5. The number of likely N-dealkylation sites (N-methyl/N-ethyl adjacent to an activating group) is 1. The first-order chi connectivity index (χ1) is 16.7. The Hall–Kier alpha value is -4.21. The molecule has 1 aliphatic heterocycles. The third kappa shape index (κ3) is 3.90. The topological polar surface area (TPSA) is 104 Å². The SMILES string of the molecule is COc1cc(-c2cn(C3N=C(C(C)(C)C)c4occc4N(C)C3=O)nn2)ccc1-n1cnc(C)c1. The highest BCUT2D eigenvalue weighted by Gasteiger charge is 2.37. The van der Waals surface area contributed by atoms with Crippen molar-refractivity contribution < 1.29 is 13.9 Å². The van der Waals surface area contributed by atoms with E-state index < -0.39 is 6.17 Å². The Labute approximate surface area is 202 Å². The first-order valence-corrected chi connectivity index (χ1v) is 11.2. The molecule has 0 radical (unpaired) electrons. The second kappa shape index (κ2) is 8.23. The van der Waals surface area contributed by atoms with Crippen LogP contribution in [-0.2, 0) is 4.79 Å². The number of fused-ring (bicyclic) bond motifs is 1. The fourth-order valence-electron chi connectivity index (χ4n) is 4.11. The minimum Gasteiger partial charge on any atom is -0.495 e. The minimum absolute atomic E-state index is 0.230. The Morgan fingerprint density at radius 2 is 1.91 bits per heavy atom. The Kier molecular flexibility index (Phi) is 5.31. The Balaban J connectivity index is 1.54. The molecule has 0 spiro atoms. The second-order valence-electron chi connectivity index (χ2n) is 9.53. The Morgan fingerprint density at radius 1 is 1.11 bits per heavy atom. The van der Waals surface area contributed by atoms with Gasteiger partial charge in [-0.1, -0.05) is 32.1 Å². The molecule has 0 saturated heterocycles. The van der Waals surface area contributed by atoms with Crippen LogP contribution in [0, 0.1) is 12.3 Å². The third-order valence-electron chi connectivity index (χ3n) is 5.96. The van der Waals surface area contributed by atoms with Crippen molar-refractivity contribution in [3.8, 4) is 22.7 Å². The van der Waals surface area contributed by atoms with Gasteiger partial charge in [0, 0.05) is 30.3 Å². The summed E-state index contributed by atoms with van der Waals surface area (Å²) in [5, 5.41) is 8.60. The molecule has 1 amide bonds. The first-order valence-electron chi connectivity index (χ1n) is 11.2. The molecule has 10 heteroatoms. The molecule has 10 nitrogen and oxygen atoms in total. The molecule has 0 saturated carbocycles. The molecule has 180 valence electrons. The van der Waals surface area contributed by atoms with Gasteiger partial charge in [-0.05, 0) is 19.1 Å². The number of hydrogen-bond acceptors (Lipinski definition) is 7. The van der Waals surface area contributed by atoms with E-state index in [1.807, 2.05) is 56.7 Å². The lowest BCUT2D eigenvalue weighted by Crippen LogP contribution is -2.33. The number of benzene rings is 1. The van der Waals surface area contributed by atoms with Crippen molar-refractivity contribution in [3.63, 3.8) is 0 Å². The minimum atomic E-state index is -0.909. The lowest BCUT2D eigenvalue weighted by atomic mass is 9.88. The van der Waals surface area contributed by atoms with Crippen LogP contribution in [0.4, 0.5) is 5.69 Å². The summed E-state index contributed by atoms with van der Waals surface area (Å²) in [7, 11) is 3.33. The summed E-state index contributed by atoms with van der Waals surface area (Å²) in [6.45, 7) is 8.04.